The summed E-state index contributed by atoms with van der Waals surface area (Å²) < 4.78 is 12.2. The lowest BCUT2D eigenvalue weighted by atomic mass is 10.0. The van der Waals surface area contributed by atoms with Crippen LogP contribution in [0.15, 0.2) is 86.0 Å². The van der Waals surface area contributed by atoms with E-state index in [1.807, 2.05) is 48.6 Å². The average molecular weight is 351 g/mol. The predicted octanol–water partition coefficient (Wildman–Crippen LogP) is 6.09. The standard InChI is InChI=1S/C24H30O2/c1-3-11-23(25-19-21-13-7-5-8-14-21)17-18-24(12-4-2)26-20-22-15-9-6-10-16-22/h3-10,13-16,23-24H,1-2,11-12,17-20H2/t23-,24-/m0/s1. The fourth-order valence-corrected chi connectivity index (χ4v) is 2.86. The van der Waals surface area contributed by atoms with Crippen LogP contribution in [0.1, 0.15) is 36.8 Å². The molecule has 0 radical (unpaired) electrons. The maximum Gasteiger partial charge on any atom is 0.0720 e. The summed E-state index contributed by atoms with van der Waals surface area (Å²) in [6.07, 6.45) is 7.81. The molecule has 0 heterocycles. The van der Waals surface area contributed by atoms with Gasteiger partial charge in [-0.25, -0.2) is 0 Å². The summed E-state index contributed by atoms with van der Waals surface area (Å²) in [5.41, 5.74) is 2.40. The smallest absolute Gasteiger partial charge is 0.0720 e. The lowest BCUT2D eigenvalue weighted by Gasteiger charge is -2.21. The van der Waals surface area contributed by atoms with Crippen LogP contribution in [-0.2, 0) is 22.7 Å². The van der Waals surface area contributed by atoms with Crippen LogP contribution in [0.3, 0.4) is 0 Å². The lowest BCUT2D eigenvalue weighted by molar-refractivity contribution is 0.00220. The second kappa shape index (κ2) is 12.2. The Bertz CT molecular complexity index is 564. The van der Waals surface area contributed by atoms with Crippen molar-refractivity contribution in [1.82, 2.24) is 0 Å². The molecule has 0 bridgehead atoms. The topological polar surface area (TPSA) is 18.5 Å². The van der Waals surface area contributed by atoms with Crippen LogP contribution >= 0.6 is 0 Å². The number of ether oxygens (including phenoxy) is 2. The van der Waals surface area contributed by atoms with E-state index in [2.05, 4.69) is 37.4 Å². The van der Waals surface area contributed by atoms with Gasteiger partial charge in [0, 0.05) is 0 Å². The molecule has 2 aromatic carbocycles. The minimum absolute atomic E-state index is 0.167. The Kier molecular flexibility index (Phi) is 9.48. The largest absolute Gasteiger partial charge is 0.373 e. The predicted molar refractivity (Wildman–Crippen MR) is 109 cm³/mol. The Morgan fingerprint density at radius 3 is 1.38 bits per heavy atom. The van der Waals surface area contributed by atoms with Crippen molar-refractivity contribution >= 4 is 0 Å². The highest BCUT2D eigenvalue weighted by molar-refractivity contribution is 5.14. The van der Waals surface area contributed by atoms with Crippen molar-refractivity contribution in [1.29, 1.82) is 0 Å². The van der Waals surface area contributed by atoms with Crippen molar-refractivity contribution in [3.05, 3.63) is 97.1 Å². The van der Waals surface area contributed by atoms with E-state index >= 15 is 0 Å². The number of hydrogen-bond donors (Lipinski definition) is 0. The molecule has 0 saturated heterocycles. The van der Waals surface area contributed by atoms with Crippen molar-refractivity contribution in [2.75, 3.05) is 0 Å². The van der Waals surface area contributed by atoms with Gasteiger partial charge in [0.15, 0.2) is 0 Å². The number of hydrogen-bond acceptors (Lipinski definition) is 2. The van der Waals surface area contributed by atoms with Crippen molar-refractivity contribution in [2.24, 2.45) is 0 Å². The summed E-state index contributed by atoms with van der Waals surface area (Å²) in [4.78, 5) is 0. The van der Waals surface area contributed by atoms with Gasteiger partial charge in [-0.05, 0) is 36.8 Å². The zero-order valence-corrected chi connectivity index (χ0v) is 15.6. The molecule has 0 aliphatic rings. The summed E-state index contributed by atoms with van der Waals surface area (Å²) in [6.45, 7) is 9.01. The minimum atomic E-state index is 0.167. The highest BCUT2D eigenvalue weighted by Crippen LogP contribution is 2.17. The Hall–Kier alpha value is -2.16. The highest BCUT2D eigenvalue weighted by Gasteiger charge is 2.13. The SMILES string of the molecule is C=CC[C@@H](CC[C@H](CC=C)OCc1ccccc1)OCc1ccccc1. The van der Waals surface area contributed by atoms with Crippen molar-refractivity contribution in [3.63, 3.8) is 0 Å². The highest BCUT2D eigenvalue weighted by atomic mass is 16.5. The fraction of sp³-hybridized carbons (Fsp3) is 0.333. The molecule has 0 N–H and O–H groups in total. The molecule has 0 unspecified atom stereocenters. The Morgan fingerprint density at radius 1 is 0.654 bits per heavy atom. The molecule has 0 saturated carbocycles. The first-order chi connectivity index (χ1) is 12.8. The van der Waals surface area contributed by atoms with E-state index < -0.39 is 0 Å². The molecule has 2 rings (SSSR count). The van der Waals surface area contributed by atoms with Gasteiger partial charge in [0.25, 0.3) is 0 Å². The zero-order valence-electron chi connectivity index (χ0n) is 15.6. The van der Waals surface area contributed by atoms with Gasteiger partial charge in [0.2, 0.25) is 0 Å². The van der Waals surface area contributed by atoms with Gasteiger partial charge in [-0.15, -0.1) is 13.2 Å². The third-order valence-corrected chi connectivity index (χ3v) is 4.33. The van der Waals surface area contributed by atoms with Gasteiger partial charge < -0.3 is 9.47 Å². The molecule has 0 spiro atoms. The van der Waals surface area contributed by atoms with Crippen LogP contribution in [0.2, 0.25) is 0 Å². The molecule has 138 valence electrons. The summed E-state index contributed by atoms with van der Waals surface area (Å²) in [5.74, 6) is 0. The number of rotatable bonds is 13. The van der Waals surface area contributed by atoms with E-state index in [1.165, 1.54) is 11.1 Å². The Labute approximate surface area is 158 Å². The van der Waals surface area contributed by atoms with Crippen LogP contribution in [0, 0.1) is 0 Å². The molecule has 2 atom stereocenters. The molecular formula is C24H30O2. The minimum Gasteiger partial charge on any atom is -0.373 e. The van der Waals surface area contributed by atoms with Gasteiger partial charge in [0.05, 0.1) is 25.4 Å². The summed E-state index contributed by atoms with van der Waals surface area (Å²) >= 11 is 0. The van der Waals surface area contributed by atoms with E-state index in [4.69, 9.17) is 9.47 Å². The van der Waals surface area contributed by atoms with Crippen LogP contribution < -0.4 is 0 Å². The summed E-state index contributed by atoms with van der Waals surface area (Å²) in [6, 6.07) is 20.6. The van der Waals surface area contributed by atoms with E-state index in [0.717, 1.165) is 25.7 Å². The third kappa shape index (κ3) is 7.81. The average Bonchev–Trinajstić information content (AvgIpc) is 2.69. The summed E-state index contributed by atoms with van der Waals surface area (Å²) in [7, 11) is 0. The zero-order chi connectivity index (χ0) is 18.5. The van der Waals surface area contributed by atoms with Crippen molar-refractivity contribution in [3.8, 4) is 0 Å². The maximum atomic E-state index is 6.11. The van der Waals surface area contributed by atoms with Gasteiger partial charge in [-0.2, -0.15) is 0 Å². The van der Waals surface area contributed by atoms with E-state index in [9.17, 15) is 0 Å². The molecule has 0 amide bonds. The van der Waals surface area contributed by atoms with Crippen molar-refractivity contribution in [2.45, 2.75) is 51.1 Å². The Balaban J connectivity index is 1.80. The van der Waals surface area contributed by atoms with Gasteiger partial charge >= 0.3 is 0 Å². The van der Waals surface area contributed by atoms with Crippen molar-refractivity contribution < 1.29 is 9.47 Å². The van der Waals surface area contributed by atoms with Gasteiger partial charge in [-0.1, -0.05) is 72.8 Å². The number of benzene rings is 2. The third-order valence-electron chi connectivity index (χ3n) is 4.33. The molecule has 2 aromatic rings. The second-order valence-corrected chi connectivity index (χ2v) is 6.46. The monoisotopic (exact) mass is 350 g/mol. The first-order valence-electron chi connectivity index (χ1n) is 9.34. The molecule has 2 heteroatoms. The van der Waals surface area contributed by atoms with Crippen LogP contribution in [-0.4, -0.2) is 12.2 Å². The van der Waals surface area contributed by atoms with Crippen LogP contribution in [0.25, 0.3) is 0 Å². The van der Waals surface area contributed by atoms with E-state index in [-0.39, 0.29) is 12.2 Å². The quantitative estimate of drug-likeness (QED) is 0.407. The summed E-state index contributed by atoms with van der Waals surface area (Å²) in [5, 5.41) is 0. The molecular weight excluding hydrogens is 320 g/mol. The second-order valence-electron chi connectivity index (χ2n) is 6.46. The van der Waals surface area contributed by atoms with Crippen LogP contribution in [0.5, 0.6) is 0 Å². The van der Waals surface area contributed by atoms with Gasteiger partial charge in [0.1, 0.15) is 0 Å². The lowest BCUT2D eigenvalue weighted by Crippen LogP contribution is -2.18. The molecule has 26 heavy (non-hydrogen) atoms. The molecule has 0 fully saturated rings. The first kappa shape index (κ1) is 20.2. The van der Waals surface area contributed by atoms with Crippen LogP contribution in [0.4, 0.5) is 0 Å². The molecule has 2 nitrogen and oxygen atoms in total. The molecule has 0 aliphatic heterocycles. The fourth-order valence-electron chi connectivity index (χ4n) is 2.86. The molecule has 0 aromatic heterocycles. The maximum absolute atomic E-state index is 6.11. The first-order valence-corrected chi connectivity index (χ1v) is 9.34. The normalized spacial score (nSPS) is 13.1. The van der Waals surface area contributed by atoms with Gasteiger partial charge in [-0.3, -0.25) is 0 Å². The van der Waals surface area contributed by atoms with E-state index in [1.54, 1.807) is 0 Å². The van der Waals surface area contributed by atoms with E-state index in [0.29, 0.717) is 13.2 Å². The Morgan fingerprint density at radius 2 is 1.04 bits per heavy atom. The molecule has 0 aliphatic carbocycles.